The number of aryl methyl sites for hydroxylation is 3. The lowest BCUT2D eigenvalue weighted by Crippen LogP contribution is -2.52. The van der Waals surface area contributed by atoms with Gasteiger partial charge < -0.3 is 9.88 Å². The van der Waals surface area contributed by atoms with Crippen molar-refractivity contribution in [2.45, 2.75) is 52.5 Å². The molecule has 1 aromatic carbocycles. The zero-order valence-corrected chi connectivity index (χ0v) is 16.8. The number of hydrogen-bond donors (Lipinski definition) is 1. The molecule has 2 fully saturated rings. The molecule has 1 spiro atoms. The second kappa shape index (κ2) is 6.33. The molecule has 2 heterocycles. The van der Waals surface area contributed by atoms with Crippen LogP contribution in [-0.2, 0) is 4.79 Å². The lowest BCUT2D eigenvalue weighted by Gasteiger charge is -2.34. The van der Waals surface area contributed by atoms with Crippen LogP contribution < -0.4 is 5.32 Å². The number of nitrogens with one attached hydrogen (secondary N) is 1. The Labute approximate surface area is 164 Å². The van der Waals surface area contributed by atoms with Gasteiger partial charge in [-0.05, 0) is 76.3 Å². The normalized spacial score (nSPS) is 17.8. The van der Waals surface area contributed by atoms with Gasteiger partial charge in [0.05, 0.1) is 6.54 Å². The number of hydrogen-bond acceptors (Lipinski definition) is 3. The minimum absolute atomic E-state index is 0.219. The van der Waals surface area contributed by atoms with E-state index in [2.05, 4.69) is 31.3 Å². The van der Waals surface area contributed by atoms with Gasteiger partial charge in [0, 0.05) is 22.6 Å². The van der Waals surface area contributed by atoms with Crippen LogP contribution in [0.5, 0.6) is 0 Å². The molecule has 1 saturated heterocycles. The van der Waals surface area contributed by atoms with Gasteiger partial charge in [0.25, 0.3) is 5.91 Å². The number of carbonyl (C=O) groups is 3. The summed E-state index contributed by atoms with van der Waals surface area (Å²) in [5, 5.41) is 2.77. The van der Waals surface area contributed by atoms with E-state index in [1.807, 2.05) is 30.5 Å². The Morgan fingerprint density at radius 2 is 1.79 bits per heavy atom. The van der Waals surface area contributed by atoms with Gasteiger partial charge in [0.2, 0.25) is 0 Å². The van der Waals surface area contributed by atoms with Crippen LogP contribution in [0.3, 0.4) is 0 Å². The molecular weight excluding hydrogens is 354 g/mol. The quantitative estimate of drug-likeness (QED) is 0.654. The zero-order chi connectivity index (χ0) is 20.2. The van der Waals surface area contributed by atoms with Crippen LogP contribution in [0.15, 0.2) is 24.3 Å². The molecule has 146 valence electrons. The maximum absolute atomic E-state index is 13.0. The Hall–Kier alpha value is -2.89. The number of carbonyl (C=O) groups excluding carboxylic acids is 3. The third-order valence-electron chi connectivity index (χ3n) is 6.23. The number of urea groups is 1. The summed E-state index contributed by atoms with van der Waals surface area (Å²) < 4.78 is 2.04. The van der Waals surface area contributed by atoms with Gasteiger partial charge in [-0.3, -0.25) is 14.5 Å². The Balaban J connectivity index is 1.61. The summed E-state index contributed by atoms with van der Waals surface area (Å²) in [4.78, 5) is 38.9. The van der Waals surface area contributed by atoms with Gasteiger partial charge >= 0.3 is 6.03 Å². The molecule has 0 atom stereocenters. The first-order chi connectivity index (χ1) is 13.2. The molecular formula is C22H25N3O3. The molecule has 0 unspecified atom stereocenters. The van der Waals surface area contributed by atoms with Crippen molar-refractivity contribution in [3.05, 3.63) is 52.3 Å². The highest BCUT2D eigenvalue weighted by Crippen LogP contribution is 2.37. The van der Waals surface area contributed by atoms with E-state index < -0.39 is 11.6 Å². The van der Waals surface area contributed by atoms with Crippen LogP contribution in [0.1, 0.15) is 52.1 Å². The number of benzene rings is 1. The minimum atomic E-state index is -0.756. The average Bonchev–Trinajstić information content (AvgIpc) is 3.05. The van der Waals surface area contributed by atoms with Crippen molar-refractivity contribution < 1.29 is 14.4 Å². The van der Waals surface area contributed by atoms with E-state index in [1.54, 1.807) is 0 Å². The molecule has 1 saturated carbocycles. The van der Waals surface area contributed by atoms with Crippen LogP contribution in [0.2, 0.25) is 0 Å². The first-order valence-corrected chi connectivity index (χ1v) is 9.67. The zero-order valence-electron chi connectivity index (χ0n) is 16.8. The molecule has 6 heteroatoms. The predicted molar refractivity (Wildman–Crippen MR) is 106 cm³/mol. The minimum Gasteiger partial charge on any atom is -0.323 e. The molecule has 4 rings (SSSR count). The third-order valence-corrected chi connectivity index (χ3v) is 6.23. The molecule has 2 aromatic rings. The average molecular weight is 379 g/mol. The Morgan fingerprint density at radius 1 is 1.07 bits per heavy atom. The van der Waals surface area contributed by atoms with Crippen molar-refractivity contribution in [2.75, 3.05) is 6.54 Å². The summed E-state index contributed by atoms with van der Waals surface area (Å²) in [6, 6.07) is 7.58. The number of amides is 3. The van der Waals surface area contributed by atoms with Crippen LogP contribution in [0.4, 0.5) is 4.79 Å². The summed E-state index contributed by atoms with van der Waals surface area (Å²) in [6.07, 6.45) is 2.23. The van der Waals surface area contributed by atoms with Gasteiger partial charge in [0.15, 0.2) is 5.78 Å². The summed E-state index contributed by atoms with van der Waals surface area (Å²) in [6.45, 7) is 7.76. The van der Waals surface area contributed by atoms with Crippen molar-refractivity contribution in [2.24, 2.45) is 0 Å². The van der Waals surface area contributed by atoms with E-state index in [1.165, 1.54) is 11.1 Å². The number of nitrogens with zero attached hydrogens (tertiary/aromatic N) is 2. The fourth-order valence-electron chi connectivity index (χ4n) is 4.22. The van der Waals surface area contributed by atoms with Crippen molar-refractivity contribution in [1.29, 1.82) is 0 Å². The van der Waals surface area contributed by atoms with E-state index in [-0.39, 0.29) is 18.2 Å². The summed E-state index contributed by atoms with van der Waals surface area (Å²) >= 11 is 0. The number of Topliss-reactive ketones (excluding diaryl/α,β-unsaturated/α-hetero) is 1. The van der Waals surface area contributed by atoms with Crippen molar-refractivity contribution >= 4 is 17.7 Å². The molecule has 28 heavy (non-hydrogen) atoms. The third kappa shape index (κ3) is 2.66. The van der Waals surface area contributed by atoms with E-state index in [0.29, 0.717) is 18.4 Å². The fraction of sp³-hybridized carbons (Fsp3) is 0.409. The second-order valence-electron chi connectivity index (χ2n) is 8.07. The van der Waals surface area contributed by atoms with E-state index in [9.17, 15) is 14.4 Å². The predicted octanol–water partition coefficient (Wildman–Crippen LogP) is 3.37. The second-order valence-corrected chi connectivity index (χ2v) is 8.07. The van der Waals surface area contributed by atoms with Gasteiger partial charge in [-0.1, -0.05) is 6.07 Å². The van der Waals surface area contributed by atoms with Crippen molar-refractivity contribution in [3.8, 4) is 5.69 Å². The maximum Gasteiger partial charge on any atom is 0.325 e. The fourth-order valence-corrected chi connectivity index (χ4v) is 4.22. The molecule has 1 N–H and O–H groups in total. The molecule has 0 radical (unpaired) electrons. The molecule has 1 aliphatic carbocycles. The summed E-state index contributed by atoms with van der Waals surface area (Å²) in [5.74, 6) is -0.483. The smallest absolute Gasteiger partial charge is 0.323 e. The highest BCUT2D eigenvalue weighted by Gasteiger charge is 2.55. The number of ketones is 1. The van der Waals surface area contributed by atoms with Crippen molar-refractivity contribution in [3.63, 3.8) is 0 Å². The lowest BCUT2D eigenvalue weighted by atomic mass is 9.77. The van der Waals surface area contributed by atoms with Crippen LogP contribution in [0.25, 0.3) is 5.69 Å². The highest BCUT2D eigenvalue weighted by atomic mass is 16.2. The molecule has 0 bridgehead atoms. The Kier molecular flexibility index (Phi) is 4.17. The largest absolute Gasteiger partial charge is 0.325 e. The summed E-state index contributed by atoms with van der Waals surface area (Å²) in [7, 11) is 0. The first-order valence-electron chi connectivity index (χ1n) is 9.67. The van der Waals surface area contributed by atoms with E-state index in [0.717, 1.165) is 28.4 Å². The highest BCUT2D eigenvalue weighted by molar-refractivity contribution is 6.11. The van der Waals surface area contributed by atoms with Gasteiger partial charge in [-0.15, -0.1) is 0 Å². The number of imide groups is 1. The topological polar surface area (TPSA) is 71.4 Å². The van der Waals surface area contributed by atoms with Gasteiger partial charge in [0.1, 0.15) is 5.54 Å². The van der Waals surface area contributed by atoms with Crippen molar-refractivity contribution in [1.82, 2.24) is 14.8 Å². The SMILES string of the molecule is Cc1ccc(-n2c(C)cc(C(=O)CN3C(=O)NC4(CCC4)C3=O)c2C)cc1C. The van der Waals surface area contributed by atoms with Crippen LogP contribution in [0, 0.1) is 27.7 Å². The first kappa shape index (κ1) is 18.5. The molecule has 1 aliphatic heterocycles. The maximum atomic E-state index is 13.0. The monoisotopic (exact) mass is 379 g/mol. The van der Waals surface area contributed by atoms with Crippen LogP contribution in [-0.4, -0.2) is 39.3 Å². The molecule has 2 aliphatic rings. The van der Waals surface area contributed by atoms with Crippen LogP contribution >= 0.6 is 0 Å². The Morgan fingerprint density at radius 3 is 2.36 bits per heavy atom. The Bertz CT molecular complexity index is 1010. The van der Waals surface area contributed by atoms with E-state index >= 15 is 0 Å². The summed E-state index contributed by atoms with van der Waals surface area (Å²) in [5.41, 5.74) is 4.95. The lowest BCUT2D eigenvalue weighted by molar-refractivity contribution is -0.133. The standard InChI is InChI=1S/C22H25N3O3/c1-13-6-7-17(10-14(13)2)25-15(3)11-18(16(25)4)19(26)12-24-20(27)22(8-5-9-22)23-21(24)28/h6-7,10-11H,5,8-9,12H2,1-4H3,(H,23,28). The van der Waals surface area contributed by atoms with Gasteiger partial charge in [-0.2, -0.15) is 0 Å². The molecule has 3 amide bonds. The van der Waals surface area contributed by atoms with E-state index in [4.69, 9.17) is 0 Å². The van der Waals surface area contributed by atoms with Gasteiger partial charge in [-0.25, -0.2) is 4.79 Å². The number of aromatic nitrogens is 1. The molecule has 6 nitrogen and oxygen atoms in total. The molecule has 1 aromatic heterocycles. The number of rotatable bonds is 4.